The Balaban J connectivity index is 1.46. The molecule has 9 heteroatoms. The van der Waals surface area contributed by atoms with E-state index in [-0.39, 0.29) is 0 Å². The van der Waals surface area contributed by atoms with Crippen molar-refractivity contribution in [2.24, 2.45) is 0 Å². The first-order valence-corrected chi connectivity index (χ1v) is 11.3. The highest BCUT2D eigenvalue weighted by molar-refractivity contribution is 7.98. The molecular formula is C22H17N5O2S2. The number of ether oxygens (including phenoxy) is 1. The molecule has 5 aromatic rings. The zero-order valence-electron chi connectivity index (χ0n) is 16.5. The Hall–Kier alpha value is -3.43. The number of hydrogen-bond donors (Lipinski definition) is 0. The number of methoxy groups -OCH3 is 1. The average Bonchev–Trinajstić information content (AvgIpc) is 3.59. The number of furan rings is 1. The Bertz CT molecular complexity index is 1270. The molecule has 0 aliphatic carbocycles. The van der Waals surface area contributed by atoms with E-state index in [2.05, 4.69) is 20.2 Å². The van der Waals surface area contributed by atoms with Crippen LogP contribution in [-0.4, -0.2) is 31.8 Å². The van der Waals surface area contributed by atoms with Crippen molar-refractivity contribution in [1.29, 1.82) is 0 Å². The first-order chi connectivity index (χ1) is 15.3. The molecule has 1 aromatic carbocycles. The molecule has 4 aromatic heterocycles. The van der Waals surface area contributed by atoms with Gasteiger partial charge in [-0.05, 0) is 48.5 Å². The van der Waals surface area contributed by atoms with Crippen LogP contribution in [0.15, 0.2) is 82.1 Å². The second-order valence-corrected chi connectivity index (χ2v) is 8.29. The number of thiazole rings is 1. The minimum absolute atomic E-state index is 0.668. The summed E-state index contributed by atoms with van der Waals surface area (Å²) in [6.45, 7) is 0. The Kier molecular flexibility index (Phi) is 5.51. The van der Waals surface area contributed by atoms with E-state index in [1.165, 1.54) is 0 Å². The molecule has 154 valence electrons. The molecule has 0 aliphatic heterocycles. The summed E-state index contributed by atoms with van der Waals surface area (Å²) in [7, 11) is 1.66. The van der Waals surface area contributed by atoms with Gasteiger partial charge in [-0.2, -0.15) is 0 Å². The molecule has 0 saturated heterocycles. The third kappa shape index (κ3) is 4.10. The number of thioether (sulfide) groups is 1. The summed E-state index contributed by atoms with van der Waals surface area (Å²) < 4.78 is 12.8. The van der Waals surface area contributed by atoms with Crippen LogP contribution in [0.3, 0.4) is 0 Å². The molecule has 0 aliphatic rings. The molecule has 0 fully saturated rings. The van der Waals surface area contributed by atoms with E-state index in [0.717, 1.165) is 44.4 Å². The van der Waals surface area contributed by atoms with E-state index in [1.807, 2.05) is 58.5 Å². The van der Waals surface area contributed by atoms with Gasteiger partial charge in [-0.25, -0.2) is 4.98 Å². The predicted octanol–water partition coefficient (Wildman–Crippen LogP) is 5.35. The highest BCUT2D eigenvalue weighted by atomic mass is 32.2. The van der Waals surface area contributed by atoms with Crippen molar-refractivity contribution >= 4 is 23.1 Å². The fourth-order valence-electron chi connectivity index (χ4n) is 3.04. The second-order valence-electron chi connectivity index (χ2n) is 6.49. The van der Waals surface area contributed by atoms with E-state index < -0.39 is 0 Å². The van der Waals surface area contributed by atoms with Crippen molar-refractivity contribution in [3.8, 4) is 33.6 Å². The maximum absolute atomic E-state index is 5.44. The van der Waals surface area contributed by atoms with Gasteiger partial charge < -0.3 is 9.15 Å². The zero-order valence-corrected chi connectivity index (χ0v) is 18.1. The molecule has 0 bridgehead atoms. The Morgan fingerprint density at radius 2 is 1.90 bits per heavy atom. The van der Waals surface area contributed by atoms with Crippen LogP contribution in [0.1, 0.15) is 5.69 Å². The number of nitrogens with zero attached hydrogens (tertiary/aromatic N) is 5. The van der Waals surface area contributed by atoms with Crippen LogP contribution in [0.2, 0.25) is 0 Å². The van der Waals surface area contributed by atoms with Crippen LogP contribution in [0.4, 0.5) is 0 Å². The van der Waals surface area contributed by atoms with Crippen LogP contribution in [0.25, 0.3) is 27.8 Å². The van der Waals surface area contributed by atoms with E-state index in [9.17, 15) is 0 Å². The van der Waals surface area contributed by atoms with Crippen LogP contribution < -0.4 is 4.74 Å². The summed E-state index contributed by atoms with van der Waals surface area (Å²) in [5.74, 6) is 3.00. The van der Waals surface area contributed by atoms with Gasteiger partial charge in [-0.3, -0.25) is 9.55 Å². The van der Waals surface area contributed by atoms with Crippen molar-refractivity contribution in [2.75, 3.05) is 7.11 Å². The molecule has 0 radical (unpaired) electrons. The number of pyridine rings is 1. The van der Waals surface area contributed by atoms with Gasteiger partial charge >= 0.3 is 0 Å². The second kappa shape index (κ2) is 8.75. The highest BCUT2D eigenvalue weighted by Crippen LogP contribution is 2.31. The number of aromatic nitrogens is 5. The molecule has 0 spiro atoms. The van der Waals surface area contributed by atoms with Gasteiger partial charge in [0.1, 0.15) is 5.75 Å². The smallest absolute Gasteiger partial charge is 0.196 e. The van der Waals surface area contributed by atoms with E-state index >= 15 is 0 Å². The van der Waals surface area contributed by atoms with Crippen molar-refractivity contribution < 1.29 is 9.15 Å². The van der Waals surface area contributed by atoms with Crippen molar-refractivity contribution in [3.63, 3.8) is 0 Å². The Morgan fingerprint density at radius 3 is 2.65 bits per heavy atom. The lowest BCUT2D eigenvalue weighted by Gasteiger charge is -2.10. The summed E-state index contributed by atoms with van der Waals surface area (Å²) >= 11 is 3.15. The van der Waals surface area contributed by atoms with Gasteiger partial charge in [0, 0.05) is 34.8 Å². The van der Waals surface area contributed by atoms with Gasteiger partial charge in [0.05, 0.1) is 19.1 Å². The highest BCUT2D eigenvalue weighted by Gasteiger charge is 2.17. The summed E-state index contributed by atoms with van der Waals surface area (Å²) in [5, 5.41) is 12.6. The topological polar surface area (TPSA) is 78.9 Å². The first-order valence-electron chi connectivity index (χ1n) is 9.43. The largest absolute Gasteiger partial charge is 0.497 e. The quantitative estimate of drug-likeness (QED) is 0.311. The molecule has 0 saturated carbocycles. The summed E-state index contributed by atoms with van der Waals surface area (Å²) in [4.78, 5) is 8.79. The Morgan fingerprint density at radius 1 is 1.06 bits per heavy atom. The maximum Gasteiger partial charge on any atom is 0.196 e. The number of benzene rings is 1. The zero-order chi connectivity index (χ0) is 21.0. The molecule has 31 heavy (non-hydrogen) atoms. The number of hydrogen-bond acceptors (Lipinski definition) is 8. The molecule has 7 nitrogen and oxygen atoms in total. The molecule has 5 rings (SSSR count). The van der Waals surface area contributed by atoms with Crippen molar-refractivity contribution in [1.82, 2.24) is 24.7 Å². The average molecular weight is 448 g/mol. The van der Waals surface area contributed by atoms with Gasteiger partial charge in [-0.1, -0.05) is 11.8 Å². The van der Waals surface area contributed by atoms with Gasteiger partial charge in [-0.15, -0.1) is 21.5 Å². The third-order valence-electron chi connectivity index (χ3n) is 4.54. The fraction of sp³-hybridized carbons (Fsp3) is 0.0909. The Labute approximate surface area is 186 Å². The molecule has 4 heterocycles. The van der Waals surface area contributed by atoms with Crippen LogP contribution >= 0.6 is 23.1 Å². The lowest BCUT2D eigenvalue weighted by atomic mass is 10.2. The predicted molar refractivity (Wildman–Crippen MR) is 121 cm³/mol. The standard InChI is InChI=1S/C22H17N5O2S2/c1-28-18-6-4-17(5-7-18)27-20(15-8-10-23-11-9-15)25-26-22(27)31-14-16-13-30-21(24-16)19-3-2-12-29-19/h2-13H,14H2,1H3. The van der Waals surface area contributed by atoms with E-state index in [1.54, 1.807) is 48.9 Å². The summed E-state index contributed by atoms with van der Waals surface area (Å²) in [6.07, 6.45) is 5.16. The van der Waals surface area contributed by atoms with E-state index in [4.69, 9.17) is 9.15 Å². The van der Waals surface area contributed by atoms with Gasteiger partial charge in [0.25, 0.3) is 0 Å². The lowest BCUT2D eigenvalue weighted by molar-refractivity contribution is 0.414. The van der Waals surface area contributed by atoms with E-state index in [0.29, 0.717) is 5.75 Å². The SMILES string of the molecule is COc1ccc(-n2c(SCc3csc(-c4ccco4)n3)nnc2-c2ccncc2)cc1. The van der Waals surface area contributed by atoms with Crippen molar-refractivity contribution in [2.45, 2.75) is 10.9 Å². The monoisotopic (exact) mass is 447 g/mol. The molecule has 0 atom stereocenters. The minimum atomic E-state index is 0.668. The van der Waals surface area contributed by atoms with Gasteiger partial charge in [0.15, 0.2) is 21.7 Å². The molecule has 0 amide bonds. The first kappa shape index (κ1) is 19.5. The molecule has 0 N–H and O–H groups in total. The van der Waals surface area contributed by atoms with Crippen LogP contribution in [0, 0.1) is 0 Å². The van der Waals surface area contributed by atoms with Gasteiger partial charge in [0.2, 0.25) is 0 Å². The summed E-state index contributed by atoms with van der Waals surface area (Å²) in [5.41, 5.74) is 2.87. The van der Waals surface area contributed by atoms with Crippen LogP contribution in [-0.2, 0) is 5.75 Å². The summed E-state index contributed by atoms with van der Waals surface area (Å²) in [6, 6.07) is 15.5. The molecule has 0 unspecified atom stereocenters. The van der Waals surface area contributed by atoms with Crippen molar-refractivity contribution in [3.05, 3.63) is 78.3 Å². The lowest BCUT2D eigenvalue weighted by Crippen LogP contribution is -2.00. The normalized spacial score (nSPS) is 11.0. The molecular weight excluding hydrogens is 430 g/mol. The minimum Gasteiger partial charge on any atom is -0.497 e. The third-order valence-corrected chi connectivity index (χ3v) is 6.40. The fourth-order valence-corrected chi connectivity index (χ4v) is 4.78. The van der Waals surface area contributed by atoms with Crippen LogP contribution in [0.5, 0.6) is 5.75 Å². The maximum atomic E-state index is 5.44. The number of rotatable bonds is 7.